The van der Waals surface area contributed by atoms with E-state index in [9.17, 15) is 5.11 Å². The van der Waals surface area contributed by atoms with Crippen LogP contribution in [0.1, 0.15) is 33.9 Å². The summed E-state index contributed by atoms with van der Waals surface area (Å²) in [4.78, 5) is 22.8. The van der Waals surface area contributed by atoms with Gasteiger partial charge in [-0.2, -0.15) is 10.2 Å². The summed E-state index contributed by atoms with van der Waals surface area (Å²) in [5.41, 5.74) is 6.12. The van der Waals surface area contributed by atoms with E-state index in [2.05, 4.69) is 34.8 Å². The van der Waals surface area contributed by atoms with Gasteiger partial charge >= 0.3 is 0 Å². The Morgan fingerprint density at radius 3 is 1.25 bits per heavy atom. The van der Waals surface area contributed by atoms with Crippen LogP contribution in [-0.2, 0) is 53.5 Å². The maximum atomic E-state index is 12.1. The third kappa shape index (κ3) is 13.4. The smallest absolute Gasteiger partial charge is 0.163 e. The van der Waals surface area contributed by atoms with Gasteiger partial charge in [0.2, 0.25) is 0 Å². The first kappa shape index (κ1) is 42.0. The number of aromatic nitrogens is 4. The largest absolute Gasteiger partial charge is 0.507 e. The Labute approximate surface area is 350 Å². The second kappa shape index (κ2) is 22.8. The first-order valence-corrected chi connectivity index (χ1v) is 20.1. The zero-order valence-electron chi connectivity index (χ0n) is 33.6. The number of phenols is 1. The molecule has 2 aromatic carbocycles. The molecule has 0 saturated heterocycles. The van der Waals surface area contributed by atoms with Crippen LogP contribution in [0.15, 0.2) is 138 Å². The van der Waals surface area contributed by atoms with Gasteiger partial charge in [-0.15, -0.1) is 0 Å². The third-order valence-corrected chi connectivity index (χ3v) is 9.41. The number of fused-ring (bicyclic) bond motifs is 1. The van der Waals surface area contributed by atoms with Gasteiger partial charge in [0.15, 0.2) is 11.5 Å². The molecule has 0 fully saturated rings. The second-order valence-electron chi connectivity index (χ2n) is 14.1. The van der Waals surface area contributed by atoms with E-state index in [0.717, 1.165) is 22.8 Å². The molecule has 14 nitrogen and oxygen atoms in total. The molecule has 7 rings (SSSR count). The average molecular weight is 811 g/mol. The molecule has 0 atom stereocenters. The minimum absolute atomic E-state index is 0.179. The molecular weight excluding hydrogens is 761 g/mol. The average Bonchev–Trinajstić information content (AvgIpc) is 3.28. The number of phenolic OH excluding ortho intramolecular Hbond substituents is 1. The highest BCUT2D eigenvalue weighted by molar-refractivity contribution is 5.54. The highest BCUT2D eigenvalue weighted by atomic mass is 16.6. The van der Waals surface area contributed by atoms with Gasteiger partial charge in [0.1, 0.15) is 19.0 Å². The quantitative estimate of drug-likeness (QED) is 0.108. The molecule has 5 heterocycles. The molecule has 1 aliphatic heterocycles. The normalized spacial score (nSPS) is 14.2. The van der Waals surface area contributed by atoms with Gasteiger partial charge in [-0.1, -0.05) is 24.3 Å². The predicted molar refractivity (Wildman–Crippen MR) is 225 cm³/mol. The van der Waals surface area contributed by atoms with E-state index in [1.54, 1.807) is 30.9 Å². The number of nitrogens with zero attached hydrogens (tertiary/aromatic N) is 8. The van der Waals surface area contributed by atoms with Crippen molar-refractivity contribution in [2.45, 2.75) is 39.3 Å². The van der Waals surface area contributed by atoms with E-state index in [1.165, 1.54) is 0 Å². The van der Waals surface area contributed by atoms with E-state index < -0.39 is 0 Å². The predicted octanol–water partition coefficient (Wildman–Crippen LogP) is 7.61. The number of hydrogen-bond acceptors (Lipinski definition) is 14. The number of azo groups is 1. The van der Waals surface area contributed by atoms with Crippen molar-refractivity contribution in [3.8, 4) is 17.2 Å². The lowest BCUT2D eigenvalue weighted by atomic mass is 10.0. The summed E-state index contributed by atoms with van der Waals surface area (Å²) >= 11 is 0. The molecule has 0 amide bonds. The van der Waals surface area contributed by atoms with Crippen LogP contribution in [-0.4, -0.2) is 87.7 Å². The summed E-state index contributed by atoms with van der Waals surface area (Å²) in [6.45, 7) is 6.30. The Morgan fingerprint density at radius 1 is 0.433 bits per heavy atom. The molecule has 310 valence electrons. The van der Waals surface area contributed by atoms with Crippen molar-refractivity contribution < 1.29 is 28.8 Å². The number of ether oxygens (including phenoxy) is 5. The summed E-state index contributed by atoms with van der Waals surface area (Å²) in [5, 5.41) is 21.5. The highest BCUT2D eigenvalue weighted by Gasteiger charge is 2.19. The van der Waals surface area contributed by atoms with Gasteiger partial charge in [-0.25, -0.2) is 0 Å². The maximum Gasteiger partial charge on any atom is 0.163 e. The zero-order chi connectivity index (χ0) is 41.0. The Kier molecular flexibility index (Phi) is 16.0. The summed E-state index contributed by atoms with van der Waals surface area (Å²) in [5.74, 6) is 1.27. The monoisotopic (exact) mass is 810 g/mol. The lowest BCUT2D eigenvalue weighted by Gasteiger charge is -2.25. The van der Waals surface area contributed by atoms with Crippen molar-refractivity contribution in [1.29, 1.82) is 0 Å². The van der Waals surface area contributed by atoms with E-state index in [-0.39, 0.29) is 5.75 Å². The van der Waals surface area contributed by atoms with Crippen LogP contribution in [0.3, 0.4) is 0 Å². The lowest BCUT2D eigenvalue weighted by molar-refractivity contribution is 0.00708. The number of benzene rings is 2. The fourth-order valence-corrected chi connectivity index (χ4v) is 6.61. The van der Waals surface area contributed by atoms with Crippen LogP contribution < -0.4 is 9.47 Å². The van der Waals surface area contributed by atoms with Gasteiger partial charge in [0, 0.05) is 81.2 Å². The van der Waals surface area contributed by atoms with Crippen LogP contribution in [0, 0.1) is 0 Å². The molecule has 0 aliphatic carbocycles. The van der Waals surface area contributed by atoms with E-state index in [0.29, 0.717) is 126 Å². The molecule has 6 aromatic rings. The summed E-state index contributed by atoms with van der Waals surface area (Å²) in [6.07, 6.45) is 7.15. The van der Waals surface area contributed by atoms with Crippen molar-refractivity contribution in [2.24, 2.45) is 10.2 Å². The van der Waals surface area contributed by atoms with Gasteiger partial charge in [0.05, 0.1) is 73.8 Å². The first-order valence-electron chi connectivity index (χ1n) is 20.1. The van der Waals surface area contributed by atoms with Gasteiger partial charge < -0.3 is 28.8 Å². The zero-order valence-corrected chi connectivity index (χ0v) is 33.6. The fourth-order valence-electron chi connectivity index (χ4n) is 6.61. The number of rotatable bonds is 14. The van der Waals surface area contributed by atoms with E-state index in [4.69, 9.17) is 28.8 Å². The number of pyridine rings is 4. The van der Waals surface area contributed by atoms with Crippen molar-refractivity contribution in [2.75, 3.05) is 52.9 Å². The van der Waals surface area contributed by atoms with Crippen molar-refractivity contribution in [3.63, 3.8) is 0 Å². The Balaban J connectivity index is 1.21. The topological polar surface area (TPSA) is 149 Å². The summed E-state index contributed by atoms with van der Waals surface area (Å²) in [6, 6.07) is 32.7. The Hall–Kier alpha value is -6.16. The Morgan fingerprint density at radius 2 is 0.833 bits per heavy atom. The van der Waals surface area contributed by atoms with Crippen LogP contribution >= 0.6 is 0 Å². The Bertz CT molecular complexity index is 2010. The minimum atomic E-state index is 0.179. The van der Waals surface area contributed by atoms with Crippen molar-refractivity contribution in [1.82, 2.24) is 29.7 Å². The van der Waals surface area contributed by atoms with Crippen molar-refractivity contribution >= 4 is 11.4 Å². The molecule has 1 aliphatic rings. The molecular formula is C46H50N8O6. The molecule has 0 unspecified atom stereocenters. The summed E-state index contributed by atoms with van der Waals surface area (Å²) in [7, 11) is 0. The first-order chi connectivity index (χ1) is 29.6. The molecule has 14 heteroatoms. The molecule has 1 N–H and O–H groups in total. The van der Waals surface area contributed by atoms with Crippen molar-refractivity contribution in [3.05, 3.63) is 162 Å². The lowest BCUT2D eigenvalue weighted by Crippen LogP contribution is -2.25. The number of aromatic hydroxyl groups is 1. The van der Waals surface area contributed by atoms with Crippen LogP contribution in [0.25, 0.3) is 0 Å². The SMILES string of the molecule is Oc1c(CN(Cc2ccccn2)Cc2ccccn2)cc(N=Nc2ccc3c(c2)OCCOCCOCCOCCO3)cc1CN(Cc1ccccn1)Cc1ccccn1. The summed E-state index contributed by atoms with van der Waals surface area (Å²) < 4.78 is 28.9. The highest BCUT2D eigenvalue weighted by Crippen LogP contribution is 2.35. The molecule has 4 aromatic heterocycles. The van der Waals surface area contributed by atoms with Crippen LogP contribution in [0.4, 0.5) is 11.4 Å². The van der Waals surface area contributed by atoms with E-state index in [1.807, 2.05) is 97.1 Å². The minimum Gasteiger partial charge on any atom is -0.507 e. The number of hydrogen-bond donors (Lipinski definition) is 1. The molecule has 0 saturated carbocycles. The van der Waals surface area contributed by atoms with Gasteiger partial charge in [-0.05, 0) is 72.8 Å². The van der Waals surface area contributed by atoms with Crippen LogP contribution in [0.2, 0.25) is 0 Å². The second-order valence-corrected chi connectivity index (χ2v) is 14.1. The molecule has 0 radical (unpaired) electrons. The van der Waals surface area contributed by atoms with Crippen LogP contribution in [0.5, 0.6) is 17.2 Å². The molecule has 0 spiro atoms. The maximum absolute atomic E-state index is 12.1. The third-order valence-electron chi connectivity index (χ3n) is 9.41. The standard InChI is InChI=1S/C46H50N8O6/c55-46-36(30-53(32-39-9-1-5-15-47-39)33-40-10-2-6-16-48-40)27-43(28-37(46)31-54(34-41-11-3-7-17-49-41)35-42-12-4-8-18-50-42)52-51-38-13-14-44-45(29-38)60-26-24-58-22-20-56-19-21-57-23-25-59-44/h1-18,27-29,55H,19-26,30-35H2. The molecule has 0 bridgehead atoms. The van der Waals surface area contributed by atoms with Gasteiger partial charge in [-0.3, -0.25) is 29.7 Å². The van der Waals surface area contributed by atoms with E-state index >= 15 is 0 Å². The van der Waals surface area contributed by atoms with Gasteiger partial charge in [0.25, 0.3) is 0 Å². The fraction of sp³-hybridized carbons (Fsp3) is 0.304. The molecule has 60 heavy (non-hydrogen) atoms.